The van der Waals surface area contributed by atoms with Gasteiger partial charge in [-0.15, -0.1) is 16.8 Å². The van der Waals surface area contributed by atoms with Crippen LogP contribution in [0, 0.1) is 17.1 Å². The van der Waals surface area contributed by atoms with E-state index in [1.54, 1.807) is 22.8 Å². The SMILES string of the molecule is C=CCn1c(SCC(=O)C(C#N)=C(C)N)nnc1-c1ccc(F)cc1. The Bertz CT molecular complexity index is 860. The minimum atomic E-state index is -0.371. The van der Waals surface area contributed by atoms with E-state index >= 15 is 0 Å². The lowest BCUT2D eigenvalue weighted by atomic mass is 10.2. The Morgan fingerprint density at radius 2 is 2.12 bits per heavy atom. The first-order valence-electron chi connectivity index (χ1n) is 7.30. The zero-order chi connectivity index (χ0) is 18.4. The number of rotatable bonds is 7. The van der Waals surface area contributed by atoms with E-state index in [4.69, 9.17) is 11.0 Å². The van der Waals surface area contributed by atoms with Crippen molar-refractivity contribution in [3.8, 4) is 17.5 Å². The first kappa shape index (κ1) is 18.4. The number of ketones is 1. The molecule has 1 aromatic heterocycles. The molecule has 2 aromatic rings. The first-order chi connectivity index (χ1) is 12.0. The summed E-state index contributed by atoms with van der Waals surface area (Å²) in [5.74, 6) is -0.160. The molecule has 25 heavy (non-hydrogen) atoms. The Kier molecular flexibility index (Phi) is 6.08. The molecule has 0 spiro atoms. The molecular weight excluding hydrogens is 341 g/mol. The van der Waals surface area contributed by atoms with Crippen LogP contribution in [0.1, 0.15) is 6.92 Å². The van der Waals surface area contributed by atoms with Crippen LogP contribution >= 0.6 is 11.8 Å². The van der Waals surface area contributed by atoms with Crippen LogP contribution in [0.2, 0.25) is 0 Å². The molecule has 0 atom stereocenters. The molecule has 1 aromatic carbocycles. The summed E-state index contributed by atoms with van der Waals surface area (Å²) in [7, 11) is 0. The molecule has 0 aliphatic carbocycles. The van der Waals surface area contributed by atoms with Crippen molar-refractivity contribution in [1.29, 1.82) is 5.26 Å². The van der Waals surface area contributed by atoms with Gasteiger partial charge in [-0.1, -0.05) is 17.8 Å². The van der Waals surface area contributed by atoms with Gasteiger partial charge in [-0.2, -0.15) is 5.26 Å². The lowest BCUT2D eigenvalue weighted by molar-refractivity contribution is -0.112. The van der Waals surface area contributed by atoms with Crippen LogP contribution in [-0.4, -0.2) is 26.3 Å². The number of carbonyl (C=O) groups is 1. The first-order valence-corrected chi connectivity index (χ1v) is 8.29. The lowest BCUT2D eigenvalue weighted by Crippen LogP contribution is -2.11. The maximum Gasteiger partial charge on any atom is 0.192 e. The Morgan fingerprint density at radius 3 is 2.68 bits per heavy atom. The molecule has 128 valence electrons. The summed E-state index contributed by atoms with van der Waals surface area (Å²) in [6, 6.07) is 7.70. The van der Waals surface area contributed by atoms with Crippen molar-refractivity contribution in [1.82, 2.24) is 14.8 Å². The fraction of sp³-hybridized carbons (Fsp3) is 0.176. The third kappa shape index (κ3) is 4.33. The molecule has 0 amide bonds. The summed E-state index contributed by atoms with van der Waals surface area (Å²) in [5, 5.41) is 17.7. The summed E-state index contributed by atoms with van der Waals surface area (Å²) in [5.41, 5.74) is 6.37. The van der Waals surface area contributed by atoms with E-state index in [9.17, 15) is 9.18 Å². The van der Waals surface area contributed by atoms with Crippen LogP contribution in [0.3, 0.4) is 0 Å². The third-order valence-electron chi connectivity index (χ3n) is 3.25. The minimum absolute atomic E-state index is 0.0100. The van der Waals surface area contributed by atoms with Gasteiger partial charge in [-0.25, -0.2) is 4.39 Å². The van der Waals surface area contributed by atoms with Gasteiger partial charge in [0.05, 0.1) is 5.75 Å². The predicted molar refractivity (Wildman–Crippen MR) is 93.8 cm³/mol. The number of allylic oxidation sites excluding steroid dienone is 3. The largest absolute Gasteiger partial charge is 0.401 e. The molecule has 0 aliphatic heterocycles. The van der Waals surface area contributed by atoms with Gasteiger partial charge in [-0.05, 0) is 31.2 Å². The van der Waals surface area contributed by atoms with E-state index in [1.807, 2.05) is 6.07 Å². The van der Waals surface area contributed by atoms with Crippen LogP contribution in [-0.2, 0) is 11.3 Å². The topological polar surface area (TPSA) is 97.6 Å². The molecule has 0 radical (unpaired) electrons. The van der Waals surface area contributed by atoms with Gasteiger partial charge < -0.3 is 5.73 Å². The molecule has 0 bridgehead atoms. The number of hydrogen-bond acceptors (Lipinski definition) is 6. The van der Waals surface area contributed by atoms with Crippen molar-refractivity contribution in [2.24, 2.45) is 5.73 Å². The van der Waals surface area contributed by atoms with Crippen LogP contribution in [0.4, 0.5) is 4.39 Å². The molecule has 0 saturated heterocycles. The van der Waals surface area contributed by atoms with Gasteiger partial charge in [0.2, 0.25) is 0 Å². The maximum absolute atomic E-state index is 13.1. The lowest BCUT2D eigenvalue weighted by Gasteiger charge is -2.07. The number of carbonyl (C=O) groups excluding carboxylic acids is 1. The standard InChI is InChI=1S/C17H16FN5OS/c1-3-8-23-16(12-4-6-13(18)7-5-12)21-22-17(23)25-10-15(24)14(9-19)11(2)20/h3-7H,1,8,10,20H2,2H3. The van der Waals surface area contributed by atoms with Gasteiger partial charge in [-0.3, -0.25) is 9.36 Å². The quantitative estimate of drug-likeness (QED) is 0.354. The van der Waals surface area contributed by atoms with Crippen molar-refractivity contribution in [2.45, 2.75) is 18.6 Å². The second kappa shape index (κ2) is 8.26. The number of Topliss-reactive ketones (excluding diaryl/α,β-unsaturated/α-hetero) is 1. The van der Waals surface area contributed by atoms with Crippen molar-refractivity contribution in [2.75, 3.05) is 5.75 Å². The van der Waals surface area contributed by atoms with E-state index in [2.05, 4.69) is 16.8 Å². The van der Waals surface area contributed by atoms with E-state index < -0.39 is 0 Å². The molecule has 0 fully saturated rings. The molecule has 0 aliphatic rings. The highest BCUT2D eigenvalue weighted by Crippen LogP contribution is 2.25. The van der Waals surface area contributed by atoms with Gasteiger partial charge in [0.25, 0.3) is 0 Å². The van der Waals surface area contributed by atoms with Gasteiger partial charge in [0.1, 0.15) is 17.5 Å². The summed E-state index contributed by atoms with van der Waals surface area (Å²) < 4.78 is 14.9. The van der Waals surface area contributed by atoms with Crippen molar-refractivity contribution >= 4 is 17.5 Å². The second-order valence-electron chi connectivity index (χ2n) is 5.09. The summed E-state index contributed by atoms with van der Waals surface area (Å²) in [6.45, 7) is 5.64. The van der Waals surface area contributed by atoms with E-state index in [-0.39, 0.29) is 28.6 Å². The molecule has 6 nitrogen and oxygen atoms in total. The zero-order valence-electron chi connectivity index (χ0n) is 13.6. The highest BCUT2D eigenvalue weighted by Gasteiger charge is 2.17. The second-order valence-corrected chi connectivity index (χ2v) is 6.04. The number of aromatic nitrogens is 3. The Morgan fingerprint density at radius 1 is 1.44 bits per heavy atom. The van der Waals surface area contributed by atoms with Crippen molar-refractivity contribution in [3.05, 3.63) is 54.0 Å². The fourth-order valence-electron chi connectivity index (χ4n) is 2.07. The van der Waals surface area contributed by atoms with Crippen LogP contribution in [0.15, 0.2) is 53.3 Å². The number of halogens is 1. The van der Waals surface area contributed by atoms with E-state index in [0.29, 0.717) is 23.1 Å². The number of nitriles is 1. The molecule has 8 heteroatoms. The summed E-state index contributed by atoms with van der Waals surface area (Å²) >= 11 is 1.15. The monoisotopic (exact) mass is 357 g/mol. The number of nitrogens with two attached hydrogens (primary N) is 1. The molecule has 0 unspecified atom stereocenters. The Labute approximate surface area is 148 Å². The van der Waals surface area contributed by atoms with Crippen LogP contribution in [0.5, 0.6) is 0 Å². The molecule has 1 heterocycles. The highest BCUT2D eigenvalue weighted by molar-refractivity contribution is 7.99. The van der Waals surface area contributed by atoms with Gasteiger partial charge in [0, 0.05) is 17.8 Å². The fourth-order valence-corrected chi connectivity index (χ4v) is 2.89. The Balaban J connectivity index is 2.26. The van der Waals surface area contributed by atoms with Crippen molar-refractivity contribution < 1.29 is 9.18 Å². The highest BCUT2D eigenvalue weighted by atomic mass is 32.2. The van der Waals surface area contributed by atoms with E-state index in [1.165, 1.54) is 19.1 Å². The Hall–Kier alpha value is -2.92. The summed E-state index contributed by atoms with van der Waals surface area (Å²) in [4.78, 5) is 12.1. The minimum Gasteiger partial charge on any atom is -0.401 e. The average Bonchev–Trinajstić information content (AvgIpc) is 2.97. The van der Waals surface area contributed by atoms with Crippen LogP contribution < -0.4 is 5.73 Å². The molecule has 0 saturated carbocycles. The average molecular weight is 357 g/mol. The molecule has 2 rings (SSSR count). The van der Waals surface area contributed by atoms with Crippen molar-refractivity contribution in [3.63, 3.8) is 0 Å². The van der Waals surface area contributed by atoms with Crippen LogP contribution in [0.25, 0.3) is 11.4 Å². The zero-order valence-corrected chi connectivity index (χ0v) is 14.4. The normalized spacial score (nSPS) is 11.6. The maximum atomic E-state index is 13.1. The molecule has 2 N–H and O–H groups in total. The van der Waals surface area contributed by atoms with E-state index in [0.717, 1.165) is 11.8 Å². The predicted octanol–water partition coefficient (Wildman–Crippen LogP) is 2.69. The number of hydrogen-bond donors (Lipinski definition) is 1. The smallest absolute Gasteiger partial charge is 0.192 e. The number of thioether (sulfide) groups is 1. The van der Waals surface area contributed by atoms with Gasteiger partial charge in [0.15, 0.2) is 16.8 Å². The number of nitrogens with zero attached hydrogens (tertiary/aromatic N) is 4. The molecular formula is C17H16FN5OS. The summed E-state index contributed by atoms with van der Waals surface area (Å²) in [6.07, 6.45) is 1.67. The third-order valence-corrected chi connectivity index (χ3v) is 4.22. The van der Waals surface area contributed by atoms with Gasteiger partial charge >= 0.3 is 0 Å². The number of benzene rings is 1.